The molecule has 0 aromatic heterocycles. The number of ether oxygens (including phenoxy) is 3. The largest absolute Gasteiger partial charge is 0.489 e. The van der Waals surface area contributed by atoms with E-state index in [9.17, 15) is 14.7 Å². The number of benzene rings is 2. The van der Waals surface area contributed by atoms with Crippen molar-refractivity contribution in [3.8, 4) is 5.75 Å². The predicted octanol–water partition coefficient (Wildman–Crippen LogP) is 5.57. The third-order valence-corrected chi connectivity index (χ3v) is 5.97. The summed E-state index contributed by atoms with van der Waals surface area (Å²) in [5.41, 5.74) is 2.56. The molecule has 6 heteroatoms. The van der Waals surface area contributed by atoms with Gasteiger partial charge in [-0.2, -0.15) is 0 Å². The number of carbonyl (C=O) groups excluding carboxylic acids is 2. The fourth-order valence-corrected chi connectivity index (χ4v) is 3.52. The van der Waals surface area contributed by atoms with Gasteiger partial charge in [-0.25, -0.2) is 9.59 Å². The highest BCUT2D eigenvalue weighted by atomic mass is 16.5. The predicted molar refractivity (Wildman–Crippen MR) is 128 cm³/mol. The van der Waals surface area contributed by atoms with Crippen molar-refractivity contribution in [2.45, 2.75) is 58.7 Å². The standard InChI is InChI=1S/C27H34O6/c1-6-27(30,7-2)15-9-10-19(3)21-11-8-12-22(17-21)33-18-20-13-14-23(25(28)31-4)24(16-20)26(29)32-5/h8,10-14,16-17,30H,6-7,9,15,18H2,1-5H3/b19-10+. The number of aliphatic hydroxyl groups is 1. The normalized spacial score (nSPS) is 11.8. The fraction of sp³-hybridized carbons (Fsp3) is 0.407. The smallest absolute Gasteiger partial charge is 0.338 e. The average Bonchev–Trinajstić information content (AvgIpc) is 2.86. The highest BCUT2D eigenvalue weighted by Crippen LogP contribution is 2.25. The molecule has 178 valence electrons. The summed E-state index contributed by atoms with van der Waals surface area (Å²) >= 11 is 0. The molecule has 0 bridgehead atoms. The Bertz CT molecular complexity index is 988. The molecule has 0 heterocycles. The quantitative estimate of drug-likeness (QED) is 0.447. The van der Waals surface area contributed by atoms with E-state index in [0.29, 0.717) is 5.75 Å². The van der Waals surface area contributed by atoms with Gasteiger partial charge in [0.1, 0.15) is 12.4 Å². The third kappa shape index (κ3) is 7.19. The van der Waals surface area contributed by atoms with Crippen LogP contribution in [0.5, 0.6) is 5.75 Å². The van der Waals surface area contributed by atoms with Gasteiger partial charge in [-0.15, -0.1) is 0 Å². The summed E-state index contributed by atoms with van der Waals surface area (Å²) in [6.45, 7) is 6.29. The van der Waals surface area contributed by atoms with E-state index in [-0.39, 0.29) is 17.7 Å². The van der Waals surface area contributed by atoms with Gasteiger partial charge in [0.25, 0.3) is 0 Å². The van der Waals surface area contributed by atoms with Crippen LogP contribution < -0.4 is 4.74 Å². The molecule has 0 saturated heterocycles. The summed E-state index contributed by atoms with van der Waals surface area (Å²) in [4.78, 5) is 24.0. The van der Waals surface area contributed by atoms with E-state index in [1.54, 1.807) is 12.1 Å². The molecule has 0 aliphatic rings. The molecular weight excluding hydrogens is 420 g/mol. The first-order chi connectivity index (χ1) is 15.8. The summed E-state index contributed by atoms with van der Waals surface area (Å²) in [6, 6.07) is 12.6. The number of hydrogen-bond acceptors (Lipinski definition) is 6. The SMILES string of the molecule is CCC(O)(CC)CC/C=C(\C)c1cccc(OCc2ccc(C(=O)OC)c(C(=O)OC)c2)c1. The van der Waals surface area contributed by atoms with Gasteiger partial charge in [0.05, 0.1) is 30.9 Å². The molecule has 0 aliphatic carbocycles. The molecule has 1 N–H and O–H groups in total. The lowest BCUT2D eigenvalue weighted by Crippen LogP contribution is -2.25. The minimum absolute atomic E-state index is 0.136. The average molecular weight is 455 g/mol. The van der Waals surface area contributed by atoms with E-state index in [1.165, 1.54) is 20.3 Å². The molecule has 0 atom stereocenters. The van der Waals surface area contributed by atoms with E-state index >= 15 is 0 Å². The Hall–Kier alpha value is -3.12. The summed E-state index contributed by atoms with van der Waals surface area (Å²) in [6.07, 6.45) is 5.18. The Labute approximate surface area is 196 Å². The zero-order valence-electron chi connectivity index (χ0n) is 20.1. The van der Waals surface area contributed by atoms with Crippen molar-refractivity contribution in [3.05, 3.63) is 70.8 Å². The summed E-state index contributed by atoms with van der Waals surface area (Å²) < 4.78 is 15.5. The van der Waals surface area contributed by atoms with Crippen molar-refractivity contribution in [3.63, 3.8) is 0 Å². The van der Waals surface area contributed by atoms with Gasteiger partial charge in [0.15, 0.2) is 0 Å². The van der Waals surface area contributed by atoms with Gasteiger partial charge in [-0.3, -0.25) is 0 Å². The summed E-state index contributed by atoms with van der Waals surface area (Å²) in [5, 5.41) is 10.5. The minimum atomic E-state index is -0.613. The van der Waals surface area contributed by atoms with Gasteiger partial charge in [0.2, 0.25) is 0 Å². The third-order valence-electron chi connectivity index (χ3n) is 5.97. The Kier molecular flexibility index (Phi) is 9.67. The molecular formula is C27H34O6. The Morgan fingerprint density at radius 3 is 2.27 bits per heavy atom. The molecule has 6 nitrogen and oxygen atoms in total. The summed E-state index contributed by atoms with van der Waals surface area (Å²) in [5.74, 6) is -0.525. The van der Waals surface area contributed by atoms with E-state index < -0.39 is 17.5 Å². The van der Waals surface area contributed by atoms with Crippen molar-refractivity contribution >= 4 is 17.5 Å². The molecule has 0 radical (unpaired) electrons. The maximum Gasteiger partial charge on any atom is 0.338 e. The van der Waals surface area contributed by atoms with Gasteiger partial charge in [0, 0.05) is 0 Å². The number of allylic oxidation sites excluding steroid dienone is 2. The van der Waals surface area contributed by atoms with Crippen LogP contribution in [0.4, 0.5) is 0 Å². The fourth-order valence-electron chi connectivity index (χ4n) is 3.52. The Balaban J connectivity index is 2.11. The van der Waals surface area contributed by atoms with Crippen LogP contribution in [0.1, 0.15) is 78.3 Å². The van der Waals surface area contributed by atoms with Crippen LogP contribution >= 0.6 is 0 Å². The summed E-state index contributed by atoms with van der Waals surface area (Å²) in [7, 11) is 2.52. The van der Waals surface area contributed by atoms with Gasteiger partial charge >= 0.3 is 11.9 Å². The van der Waals surface area contributed by atoms with E-state index in [4.69, 9.17) is 14.2 Å². The zero-order chi connectivity index (χ0) is 24.4. The number of hydrogen-bond donors (Lipinski definition) is 1. The molecule has 2 aromatic rings. The van der Waals surface area contributed by atoms with Crippen molar-refractivity contribution in [1.82, 2.24) is 0 Å². The topological polar surface area (TPSA) is 82.1 Å². The number of esters is 2. The van der Waals surface area contributed by atoms with Crippen molar-refractivity contribution in [2.75, 3.05) is 14.2 Å². The Morgan fingerprint density at radius 1 is 0.970 bits per heavy atom. The molecule has 2 aromatic carbocycles. The number of rotatable bonds is 11. The number of carbonyl (C=O) groups is 2. The highest BCUT2D eigenvalue weighted by molar-refractivity contribution is 6.03. The molecule has 0 unspecified atom stereocenters. The van der Waals surface area contributed by atoms with E-state index in [1.807, 2.05) is 45.0 Å². The lowest BCUT2D eigenvalue weighted by Gasteiger charge is -2.24. The van der Waals surface area contributed by atoms with E-state index in [0.717, 1.165) is 42.4 Å². The molecule has 2 rings (SSSR count). The molecule has 0 fully saturated rings. The maximum atomic E-state index is 12.1. The van der Waals surface area contributed by atoms with Crippen molar-refractivity contribution in [1.29, 1.82) is 0 Å². The van der Waals surface area contributed by atoms with Crippen molar-refractivity contribution < 1.29 is 28.9 Å². The Morgan fingerprint density at radius 2 is 1.64 bits per heavy atom. The van der Waals surface area contributed by atoms with Gasteiger partial charge in [-0.1, -0.05) is 38.1 Å². The lowest BCUT2D eigenvalue weighted by molar-refractivity contribution is 0.0246. The zero-order valence-corrected chi connectivity index (χ0v) is 20.1. The second kappa shape index (κ2) is 12.2. The molecule has 0 amide bonds. The van der Waals surface area contributed by atoms with Crippen LogP contribution in [0.3, 0.4) is 0 Å². The first-order valence-corrected chi connectivity index (χ1v) is 11.2. The maximum absolute atomic E-state index is 12.1. The van der Waals surface area contributed by atoms with Crippen LogP contribution in [0, 0.1) is 0 Å². The molecule has 0 saturated carbocycles. The minimum Gasteiger partial charge on any atom is -0.489 e. The van der Waals surface area contributed by atoms with Crippen molar-refractivity contribution in [2.24, 2.45) is 0 Å². The molecule has 33 heavy (non-hydrogen) atoms. The molecule has 0 spiro atoms. The monoisotopic (exact) mass is 454 g/mol. The first-order valence-electron chi connectivity index (χ1n) is 11.2. The number of methoxy groups -OCH3 is 2. The lowest BCUT2D eigenvalue weighted by atomic mass is 9.91. The van der Waals surface area contributed by atoms with Gasteiger partial charge in [-0.05, 0) is 73.6 Å². The van der Waals surface area contributed by atoms with Gasteiger partial charge < -0.3 is 19.3 Å². The van der Waals surface area contributed by atoms with Crippen LogP contribution in [-0.2, 0) is 16.1 Å². The molecule has 0 aliphatic heterocycles. The van der Waals surface area contributed by atoms with Crippen LogP contribution in [0.2, 0.25) is 0 Å². The first kappa shape index (κ1) is 26.1. The van der Waals surface area contributed by atoms with E-state index in [2.05, 4.69) is 6.08 Å². The highest BCUT2D eigenvalue weighted by Gasteiger charge is 2.21. The van der Waals surface area contributed by atoms with Crippen LogP contribution in [0.15, 0.2) is 48.5 Å². The van der Waals surface area contributed by atoms with Crippen LogP contribution in [0.25, 0.3) is 5.57 Å². The van der Waals surface area contributed by atoms with Crippen LogP contribution in [-0.4, -0.2) is 36.9 Å². The second-order valence-electron chi connectivity index (χ2n) is 8.04. The second-order valence-corrected chi connectivity index (χ2v) is 8.04.